The summed E-state index contributed by atoms with van der Waals surface area (Å²) in [5.74, 6) is 0.258. The highest BCUT2D eigenvalue weighted by Crippen LogP contribution is 2.36. The molecule has 0 spiro atoms. The number of fused-ring (bicyclic) bond motifs is 1. The van der Waals surface area contributed by atoms with Gasteiger partial charge in [0.05, 0.1) is 16.8 Å². The molecule has 3 aromatic rings. The fourth-order valence-electron chi connectivity index (χ4n) is 3.51. The van der Waals surface area contributed by atoms with E-state index in [0.717, 1.165) is 21.7 Å². The molecule has 0 atom stereocenters. The number of ether oxygens (including phenoxy) is 2. The number of amides is 1. The fourth-order valence-corrected chi connectivity index (χ4v) is 5.41. The van der Waals surface area contributed by atoms with Gasteiger partial charge in [-0.1, -0.05) is 6.07 Å². The minimum Gasteiger partial charge on any atom is -0.454 e. The highest BCUT2D eigenvalue weighted by Gasteiger charge is 2.24. The molecule has 0 unspecified atom stereocenters. The first kappa shape index (κ1) is 25.3. The number of nitrogens with one attached hydrogen (secondary N) is 2. The molecular weight excluding hydrogens is 506 g/mol. The van der Waals surface area contributed by atoms with Crippen molar-refractivity contribution in [2.24, 2.45) is 0 Å². The van der Waals surface area contributed by atoms with Crippen molar-refractivity contribution in [3.05, 3.63) is 71.8 Å². The van der Waals surface area contributed by atoms with E-state index in [9.17, 15) is 21.6 Å². The van der Waals surface area contributed by atoms with Gasteiger partial charge < -0.3 is 14.8 Å². The lowest BCUT2D eigenvalue weighted by Crippen LogP contribution is -2.37. The summed E-state index contributed by atoms with van der Waals surface area (Å²) in [5.41, 5.74) is 3.00. The van der Waals surface area contributed by atoms with E-state index in [1.165, 1.54) is 36.4 Å². The van der Waals surface area contributed by atoms with Gasteiger partial charge in [0.25, 0.3) is 10.0 Å². The minimum absolute atomic E-state index is 0.0110. The predicted molar refractivity (Wildman–Crippen MR) is 137 cm³/mol. The van der Waals surface area contributed by atoms with Gasteiger partial charge in [0, 0.05) is 17.4 Å². The van der Waals surface area contributed by atoms with Crippen molar-refractivity contribution in [1.29, 1.82) is 0 Å². The van der Waals surface area contributed by atoms with Crippen molar-refractivity contribution in [3.8, 4) is 11.5 Å². The molecule has 0 aromatic heterocycles. The van der Waals surface area contributed by atoms with Gasteiger partial charge >= 0.3 is 0 Å². The Balaban J connectivity index is 1.45. The molecule has 3 aromatic carbocycles. The molecule has 36 heavy (non-hydrogen) atoms. The average Bonchev–Trinajstić information content (AvgIpc) is 3.27. The highest BCUT2D eigenvalue weighted by atomic mass is 32.2. The topological polar surface area (TPSA) is 131 Å². The van der Waals surface area contributed by atoms with Gasteiger partial charge in [-0.3, -0.25) is 13.8 Å². The van der Waals surface area contributed by atoms with Crippen LogP contribution < -0.4 is 23.8 Å². The molecule has 0 bridgehead atoms. The maximum absolute atomic E-state index is 12.7. The molecule has 0 aliphatic carbocycles. The van der Waals surface area contributed by atoms with Crippen molar-refractivity contribution in [1.82, 2.24) is 0 Å². The zero-order valence-corrected chi connectivity index (χ0v) is 21.4. The molecule has 1 amide bonds. The molecule has 1 heterocycles. The lowest BCUT2D eigenvalue weighted by atomic mass is 10.1. The second kappa shape index (κ2) is 9.70. The van der Waals surface area contributed by atoms with E-state index in [4.69, 9.17) is 9.47 Å². The molecule has 0 saturated carbocycles. The molecule has 190 valence electrons. The first-order valence-electron chi connectivity index (χ1n) is 10.8. The van der Waals surface area contributed by atoms with E-state index in [-0.39, 0.29) is 17.4 Å². The number of aryl methyl sites for hydroxylation is 2. The van der Waals surface area contributed by atoms with Crippen LogP contribution in [0, 0.1) is 13.8 Å². The van der Waals surface area contributed by atoms with Crippen LogP contribution in [0.3, 0.4) is 0 Å². The SMILES string of the molecule is Cc1ccc(NS(=O)(=O)c2ccc(NC(=O)CN(c3ccc4c(c3)OCO4)S(C)(=O)=O)cc2)cc1C. The van der Waals surface area contributed by atoms with Crippen LogP contribution in [0.2, 0.25) is 0 Å². The first-order chi connectivity index (χ1) is 16.9. The number of carbonyl (C=O) groups excluding carboxylic acids is 1. The van der Waals surface area contributed by atoms with E-state index in [2.05, 4.69) is 10.0 Å². The van der Waals surface area contributed by atoms with Crippen LogP contribution in [0.4, 0.5) is 17.1 Å². The molecule has 0 radical (unpaired) electrons. The van der Waals surface area contributed by atoms with Crippen molar-refractivity contribution in [2.45, 2.75) is 18.7 Å². The molecule has 4 rings (SSSR count). The normalized spacial score (nSPS) is 12.8. The van der Waals surface area contributed by atoms with E-state index in [1.807, 2.05) is 19.9 Å². The zero-order valence-electron chi connectivity index (χ0n) is 19.8. The summed E-state index contributed by atoms with van der Waals surface area (Å²) in [6.45, 7) is 3.36. The second-order valence-electron chi connectivity index (χ2n) is 8.28. The van der Waals surface area contributed by atoms with Gasteiger partial charge in [-0.25, -0.2) is 16.8 Å². The zero-order chi connectivity index (χ0) is 26.1. The van der Waals surface area contributed by atoms with Crippen molar-refractivity contribution < 1.29 is 31.1 Å². The maximum atomic E-state index is 12.7. The molecule has 10 nitrogen and oxygen atoms in total. The van der Waals surface area contributed by atoms with Gasteiger partial charge in [0.1, 0.15) is 6.54 Å². The Labute approximate surface area is 209 Å². The van der Waals surface area contributed by atoms with Crippen molar-refractivity contribution in [3.63, 3.8) is 0 Å². The van der Waals surface area contributed by atoms with Crippen LogP contribution in [0.1, 0.15) is 11.1 Å². The number of hydrogen-bond acceptors (Lipinski definition) is 7. The van der Waals surface area contributed by atoms with Gasteiger partial charge in [-0.15, -0.1) is 0 Å². The first-order valence-corrected chi connectivity index (χ1v) is 14.1. The molecular formula is C24H25N3O7S2. The van der Waals surface area contributed by atoms with Gasteiger partial charge in [-0.05, 0) is 73.5 Å². The number of hydrogen-bond donors (Lipinski definition) is 2. The maximum Gasteiger partial charge on any atom is 0.261 e. The van der Waals surface area contributed by atoms with Crippen LogP contribution >= 0.6 is 0 Å². The Morgan fingerprint density at radius 2 is 1.53 bits per heavy atom. The number of rotatable bonds is 8. The van der Waals surface area contributed by atoms with E-state index < -0.39 is 32.5 Å². The van der Waals surface area contributed by atoms with Crippen molar-refractivity contribution >= 4 is 43.0 Å². The third-order valence-electron chi connectivity index (χ3n) is 5.54. The largest absolute Gasteiger partial charge is 0.454 e. The molecule has 1 aliphatic rings. The summed E-state index contributed by atoms with van der Waals surface area (Å²) in [6, 6.07) is 15.4. The molecule has 0 fully saturated rings. The quantitative estimate of drug-likeness (QED) is 0.456. The summed E-state index contributed by atoms with van der Waals surface area (Å²) in [4.78, 5) is 12.7. The third-order valence-corrected chi connectivity index (χ3v) is 8.08. The summed E-state index contributed by atoms with van der Waals surface area (Å²) in [7, 11) is -7.64. The lowest BCUT2D eigenvalue weighted by Gasteiger charge is -2.22. The molecule has 1 aliphatic heterocycles. The van der Waals surface area contributed by atoms with E-state index in [1.54, 1.807) is 18.2 Å². The number of carbonyl (C=O) groups is 1. The number of sulfonamides is 2. The summed E-state index contributed by atoms with van der Waals surface area (Å²) in [5, 5.41) is 2.59. The van der Waals surface area contributed by atoms with Gasteiger partial charge in [-0.2, -0.15) is 0 Å². The molecule has 2 N–H and O–H groups in total. The molecule has 12 heteroatoms. The Hall–Kier alpha value is -3.77. The Morgan fingerprint density at radius 3 is 2.19 bits per heavy atom. The van der Waals surface area contributed by atoms with Crippen LogP contribution in [0.15, 0.2) is 65.6 Å². The average molecular weight is 532 g/mol. The standard InChI is InChI=1S/C24H25N3O7S2/c1-16-4-5-19(12-17(16)2)26-36(31,32)21-9-6-18(7-10-21)25-24(28)14-27(35(3,29)30)20-8-11-22-23(13-20)34-15-33-22/h4-13,26H,14-15H2,1-3H3,(H,25,28). The van der Waals surface area contributed by atoms with Crippen LogP contribution in [-0.4, -0.2) is 42.3 Å². The van der Waals surface area contributed by atoms with E-state index in [0.29, 0.717) is 22.9 Å². The van der Waals surface area contributed by atoms with Gasteiger partial charge in [0.15, 0.2) is 11.5 Å². The highest BCUT2D eigenvalue weighted by molar-refractivity contribution is 7.92. The third kappa shape index (κ3) is 5.71. The number of anilines is 3. The smallest absolute Gasteiger partial charge is 0.261 e. The predicted octanol–water partition coefficient (Wildman–Crippen LogP) is 3.24. The fraction of sp³-hybridized carbons (Fsp3) is 0.208. The summed E-state index contributed by atoms with van der Waals surface area (Å²) < 4.78 is 64.2. The Kier molecular flexibility index (Phi) is 6.83. The second-order valence-corrected chi connectivity index (χ2v) is 11.9. The Bertz CT molecular complexity index is 1520. The van der Waals surface area contributed by atoms with Crippen LogP contribution in [0.5, 0.6) is 11.5 Å². The monoisotopic (exact) mass is 531 g/mol. The van der Waals surface area contributed by atoms with Crippen LogP contribution in [0.25, 0.3) is 0 Å². The van der Waals surface area contributed by atoms with Crippen molar-refractivity contribution in [2.75, 3.05) is 33.9 Å². The minimum atomic E-state index is -3.84. The van der Waals surface area contributed by atoms with Crippen LogP contribution in [-0.2, 0) is 24.8 Å². The summed E-state index contributed by atoms with van der Waals surface area (Å²) in [6.07, 6.45) is 0.993. The lowest BCUT2D eigenvalue weighted by molar-refractivity contribution is -0.114. The van der Waals surface area contributed by atoms with E-state index >= 15 is 0 Å². The van der Waals surface area contributed by atoms with Gasteiger partial charge in [0.2, 0.25) is 22.7 Å². The number of nitrogens with zero attached hydrogens (tertiary/aromatic N) is 1. The summed E-state index contributed by atoms with van der Waals surface area (Å²) >= 11 is 0. The molecule has 0 saturated heterocycles. The Morgan fingerprint density at radius 1 is 0.861 bits per heavy atom. The number of benzene rings is 3.